The van der Waals surface area contributed by atoms with Gasteiger partial charge in [-0.25, -0.2) is 4.79 Å². The van der Waals surface area contributed by atoms with E-state index < -0.39 is 23.5 Å². The summed E-state index contributed by atoms with van der Waals surface area (Å²) < 4.78 is 23.4. The molecule has 1 atom stereocenters. The molecule has 1 aliphatic heterocycles. The summed E-state index contributed by atoms with van der Waals surface area (Å²) in [4.78, 5) is 26.5. The minimum atomic E-state index is -0.922. The first kappa shape index (κ1) is 27.2. The third kappa shape index (κ3) is 5.38. The molecular formula is C31H34O7. The van der Waals surface area contributed by atoms with Crippen LogP contribution in [0.3, 0.4) is 0 Å². The van der Waals surface area contributed by atoms with E-state index in [1.165, 1.54) is 7.11 Å². The maximum atomic E-state index is 13.4. The molecule has 0 saturated heterocycles. The van der Waals surface area contributed by atoms with Crippen molar-refractivity contribution in [3.05, 3.63) is 82.4 Å². The highest BCUT2D eigenvalue weighted by Gasteiger charge is 2.34. The SMILES string of the molecule is COc1c([C@@H](O)CC(C)C)ccc2c1C(=O)OCc1cc(C)cc(OC(=O)C(C)(C)c3ccccc3)c1O2. The maximum absolute atomic E-state index is 13.4. The number of aliphatic hydroxyl groups excluding tert-OH is 1. The van der Waals surface area contributed by atoms with E-state index >= 15 is 0 Å². The Morgan fingerprint density at radius 3 is 2.47 bits per heavy atom. The Morgan fingerprint density at radius 1 is 1.11 bits per heavy atom. The quantitative estimate of drug-likeness (QED) is 0.285. The number of methoxy groups -OCH3 is 1. The zero-order valence-electron chi connectivity index (χ0n) is 22.7. The number of carbonyl (C=O) groups is 2. The Labute approximate surface area is 223 Å². The average molecular weight is 519 g/mol. The van der Waals surface area contributed by atoms with Crippen molar-refractivity contribution in [2.45, 2.75) is 59.2 Å². The minimum absolute atomic E-state index is 0.0703. The number of fused-ring (bicyclic) bond motifs is 2. The first-order chi connectivity index (χ1) is 18.0. The highest BCUT2D eigenvalue weighted by Crippen LogP contribution is 2.45. The topological polar surface area (TPSA) is 91.3 Å². The molecule has 7 heteroatoms. The molecule has 0 bridgehead atoms. The molecular weight excluding hydrogens is 484 g/mol. The number of ether oxygens (including phenoxy) is 4. The largest absolute Gasteiger partial charge is 0.495 e. The molecule has 3 aromatic carbocycles. The lowest BCUT2D eigenvalue weighted by molar-refractivity contribution is -0.139. The fraction of sp³-hybridized carbons (Fsp3) is 0.355. The molecule has 0 saturated carbocycles. The monoisotopic (exact) mass is 518 g/mol. The van der Waals surface area contributed by atoms with Gasteiger partial charge < -0.3 is 24.1 Å². The Morgan fingerprint density at radius 2 is 1.82 bits per heavy atom. The number of rotatable bonds is 7. The van der Waals surface area contributed by atoms with Crippen LogP contribution in [0.15, 0.2) is 54.6 Å². The van der Waals surface area contributed by atoms with Crippen molar-refractivity contribution in [2.24, 2.45) is 5.92 Å². The summed E-state index contributed by atoms with van der Waals surface area (Å²) >= 11 is 0. The van der Waals surface area contributed by atoms with Crippen LogP contribution in [0.5, 0.6) is 23.0 Å². The molecule has 0 radical (unpaired) electrons. The van der Waals surface area contributed by atoms with Crippen LogP contribution in [0.25, 0.3) is 0 Å². The number of esters is 2. The molecule has 0 aromatic heterocycles. The Balaban J connectivity index is 1.77. The van der Waals surface area contributed by atoms with Crippen LogP contribution in [0.4, 0.5) is 0 Å². The lowest BCUT2D eigenvalue weighted by atomic mass is 9.85. The van der Waals surface area contributed by atoms with Crippen LogP contribution in [0.2, 0.25) is 0 Å². The van der Waals surface area contributed by atoms with Crippen molar-refractivity contribution >= 4 is 11.9 Å². The van der Waals surface area contributed by atoms with E-state index in [-0.39, 0.29) is 41.1 Å². The smallest absolute Gasteiger partial charge is 0.346 e. The Bertz CT molecular complexity index is 1340. The minimum Gasteiger partial charge on any atom is -0.495 e. The van der Waals surface area contributed by atoms with Crippen molar-refractivity contribution in [3.8, 4) is 23.0 Å². The highest BCUT2D eigenvalue weighted by molar-refractivity contribution is 5.97. The van der Waals surface area contributed by atoms with E-state index in [1.54, 1.807) is 32.0 Å². The lowest BCUT2D eigenvalue weighted by Crippen LogP contribution is -2.33. The first-order valence-electron chi connectivity index (χ1n) is 12.7. The molecule has 1 heterocycles. The summed E-state index contributed by atoms with van der Waals surface area (Å²) in [6.07, 6.45) is -0.343. The molecule has 38 heavy (non-hydrogen) atoms. The third-order valence-electron chi connectivity index (χ3n) is 6.67. The van der Waals surface area contributed by atoms with Crippen LogP contribution in [0.1, 0.15) is 72.8 Å². The third-order valence-corrected chi connectivity index (χ3v) is 6.67. The number of hydrogen-bond acceptors (Lipinski definition) is 7. The van der Waals surface area contributed by atoms with Gasteiger partial charge >= 0.3 is 11.9 Å². The van der Waals surface area contributed by atoms with Crippen molar-refractivity contribution < 1.29 is 33.6 Å². The van der Waals surface area contributed by atoms with Crippen molar-refractivity contribution in [1.29, 1.82) is 0 Å². The number of cyclic esters (lactones) is 1. The number of aliphatic hydroxyl groups is 1. The summed E-state index contributed by atoms with van der Waals surface area (Å²) in [5.41, 5.74) is 1.82. The molecule has 0 spiro atoms. The van der Waals surface area contributed by atoms with Crippen molar-refractivity contribution in [3.63, 3.8) is 0 Å². The van der Waals surface area contributed by atoms with Crippen molar-refractivity contribution in [2.75, 3.05) is 7.11 Å². The van der Waals surface area contributed by atoms with Gasteiger partial charge in [-0.1, -0.05) is 44.2 Å². The second kappa shape index (κ2) is 10.9. The number of hydrogen-bond donors (Lipinski definition) is 1. The molecule has 1 aliphatic rings. The van der Waals surface area contributed by atoms with Crippen LogP contribution < -0.4 is 14.2 Å². The van der Waals surface area contributed by atoms with Gasteiger partial charge in [-0.15, -0.1) is 0 Å². The zero-order valence-corrected chi connectivity index (χ0v) is 22.7. The first-order valence-corrected chi connectivity index (χ1v) is 12.7. The highest BCUT2D eigenvalue weighted by atomic mass is 16.6. The van der Waals surface area contributed by atoms with Crippen LogP contribution in [0, 0.1) is 12.8 Å². The molecule has 200 valence electrons. The fourth-order valence-corrected chi connectivity index (χ4v) is 4.55. The average Bonchev–Trinajstić information content (AvgIpc) is 2.87. The molecule has 0 fully saturated rings. The van der Waals surface area contributed by atoms with Crippen molar-refractivity contribution in [1.82, 2.24) is 0 Å². The van der Waals surface area contributed by atoms with E-state index in [1.807, 2.05) is 57.2 Å². The molecule has 3 aromatic rings. The molecule has 7 nitrogen and oxygen atoms in total. The van der Waals surface area contributed by atoms with Gasteiger partial charge in [-0.2, -0.15) is 0 Å². The number of carbonyl (C=O) groups excluding carboxylic acids is 2. The van der Waals surface area contributed by atoms with E-state index in [0.717, 1.165) is 11.1 Å². The van der Waals surface area contributed by atoms with Gasteiger partial charge in [0, 0.05) is 11.1 Å². The maximum Gasteiger partial charge on any atom is 0.346 e. The summed E-state index contributed by atoms with van der Waals surface area (Å²) in [6, 6.07) is 16.2. The molecule has 0 amide bonds. The summed E-state index contributed by atoms with van der Waals surface area (Å²) in [5, 5.41) is 10.8. The zero-order chi connectivity index (χ0) is 27.6. The summed E-state index contributed by atoms with van der Waals surface area (Å²) in [7, 11) is 1.43. The number of benzene rings is 3. The predicted octanol–water partition coefficient (Wildman–Crippen LogP) is 6.43. The Hall–Kier alpha value is -3.84. The van der Waals surface area contributed by atoms with Crippen LogP contribution >= 0.6 is 0 Å². The van der Waals surface area contributed by atoms with E-state index in [0.29, 0.717) is 17.5 Å². The summed E-state index contributed by atoms with van der Waals surface area (Å²) in [6.45, 7) is 9.38. The molecule has 0 aliphatic carbocycles. The van der Waals surface area contributed by atoms with Crippen LogP contribution in [-0.2, 0) is 21.6 Å². The Kier molecular flexibility index (Phi) is 7.78. The van der Waals surface area contributed by atoms with Gasteiger partial charge in [0.25, 0.3) is 0 Å². The lowest BCUT2D eigenvalue weighted by Gasteiger charge is -2.26. The molecule has 1 N–H and O–H groups in total. The fourth-order valence-electron chi connectivity index (χ4n) is 4.55. The van der Waals surface area contributed by atoms with Gasteiger partial charge in [0.2, 0.25) is 0 Å². The van der Waals surface area contributed by atoms with Gasteiger partial charge in [-0.05, 0) is 68.5 Å². The van der Waals surface area contributed by atoms with Gasteiger partial charge in [-0.3, -0.25) is 4.79 Å². The van der Waals surface area contributed by atoms with E-state index in [9.17, 15) is 14.7 Å². The van der Waals surface area contributed by atoms with Gasteiger partial charge in [0.15, 0.2) is 11.5 Å². The molecule has 4 rings (SSSR count). The van der Waals surface area contributed by atoms with Gasteiger partial charge in [0.1, 0.15) is 23.7 Å². The van der Waals surface area contributed by atoms with E-state index in [2.05, 4.69) is 0 Å². The molecule has 0 unspecified atom stereocenters. The second-order valence-corrected chi connectivity index (χ2v) is 10.5. The van der Waals surface area contributed by atoms with E-state index in [4.69, 9.17) is 18.9 Å². The second-order valence-electron chi connectivity index (χ2n) is 10.5. The summed E-state index contributed by atoms with van der Waals surface area (Å²) in [5.74, 6) is 0.0134. The van der Waals surface area contributed by atoms with Crippen LogP contribution in [-0.4, -0.2) is 24.2 Å². The standard InChI is InChI=1S/C31H34O7/c1-18(2)14-23(32)22-12-13-24-26(28(22)35-6)29(33)36-17-20-15-19(3)16-25(27(20)37-24)38-30(34)31(4,5)21-10-8-7-9-11-21/h7-13,15-16,18,23,32H,14,17H2,1-6H3/t23-/m0/s1. The normalized spacial score (nSPS) is 13.8. The van der Waals surface area contributed by atoms with Gasteiger partial charge in [0.05, 0.1) is 18.6 Å². The number of aryl methyl sites for hydroxylation is 1. The predicted molar refractivity (Wildman–Crippen MR) is 143 cm³/mol.